The molecule has 0 saturated carbocycles. The monoisotopic (exact) mass is 376 g/mol. The quantitative estimate of drug-likeness (QED) is 0.540. The topological polar surface area (TPSA) is 106 Å². The van der Waals surface area contributed by atoms with Gasteiger partial charge in [0.25, 0.3) is 5.91 Å². The van der Waals surface area contributed by atoms with Gasteiger partial charge in [0.05, 0.1) is 20.4 Å². The molecule has 2 N–H and O–H groups in total. The van der Waals surface area contributed by atoms with E-state index in [0.717, 1.165) is 6.21 Å². The molecule has 0 heterocycles. The van der Waals surface area contributed by atoms with E-state index in [-0.39, 0.29) is 28.4 Å². The third-order valence-corrected chi connectivity index (χ3v) is 3.38. The Morgan fingerprint density at radius 3 is 2.52 bits per heavy atom. The fourth-order valence-corrected chi connectivity index (χ4v) is 2.18. The van der Waals surface area contributed by atoms with Crippen LogP contribution in [0.2, 0.25) is 0 Å². The highest BCUT2D eigenvalue weighted by Crippen LogP contribution is 2.32. The van der Waals surface area contributed by atoms with Gasteiger partial charge in [-0.25, -0.2) is 14.6 Å². The second-order valence-electron chi connectivity index (χ2n) is 5.08. The first-order chi connectivity index (χ1) is 13.0. The van der Waals surface area contributed by atoms with Gasteiger partial charge in [-0.15, -0.1) is 0 Å². The number of nitrogens with one attached hydrogen (secondary N) is 1. The summed E-state index contributed by atoms with van der Waals surface area (Å²) < 4.78 is 28.6. The van der Waals surface area contributed by atoms with Gasteiger partial charge >= 0.3 is 5.97 Å². The second kappa shape index (κ2) is 9.18. The molecule has 0 bridgehead atoms. The van der Waals surface area contributed by atoms with E-state index in [2.05, 4.69) is 10.5 Å². The molecule has 9 heteroatoms. The largest absolute Gasteiger partial charge is 0.493 e. The minimum absolute atomic E-state index is 0.0307. The second-order valence-corrected chi connectivity index (χ2v) is 5.08. The van der Waals surface area contributed by atoms with Crippen molar-refractivity contribution in [3.63, 3.8) is 0 Å². The van der Waals surface area contributed by atoms with Crippen LogP contribution >= 0.6 is 0 Å². The number of methoxy groups -OCH3 is 2. The van der Waals surface area contributed by atoms with E-state index in [9.17, 15) is 19.1 Å². The van der Waals surface area contributed by atoms with Gasteiger partial charge < -0.3 is 19.3 Å². The number of hydrogen-bond acceptors (Lipinski definition) is 6. The molecule has 27 heavy (non-hydrogen) atoms. The maximum Gasteiger partial charge on any atom is 0.340 e. The number of amides is 1. The molecule has 1 amide bonds. The summed E-state index contributed by atoms with van der Waals surface area (Å²) in [6.07, 6.45) is 1.15. The summed E-state index contributed by atoms with van der Waals surface area (Å²) in [5.74, 6) is -2.28. The van der Waals surface area contributed by atoms with E-state index < -0.39 is 24.3 Å². The smallest absolute Gasteiger partial charge is 0.340 e. The van der Waals surface area contributed by atoms with Gasteiger partial charge in [-0.3, -0.25) is 4.79 Å². The van der Waals surface area contributed by atoms with Gasteiger partial charge in [0.2, 0.25) is 0 Å². The molecule has 0 unspecified atom stereocenters. The molecule has 2 rings (SSSR count). The number of hydrazone groups is 1. The van der Waals surface area contributed by atoms with E-state index in [4.69, 9.17) is 14.2 Å². The Kier molecular flexibility index (Phi) is 6.70. The SMILES string of the molecule is COc1ccc(/C=N\NC(=O)COc2ccccc2F)c(C(=O)O)c1OC. The summed E-state index contributed by atoms with van der Waals surface area (Å²) >= 11 is 0. The fraction of sp³-hybridized carbons (Fsp3) is 0.167. The molecule has 0 aliphatic heterocycles. The number of halogens is 1. The number of carbonyl (C=O) groups is 2. The first-order valence-electron chi connectivity index (χ1n) is 7.65. The lowest BCUT2D eigenvalue weighted by Crippen LogP contribution is -2.25. The van der Waals surface area contributed by atoms with Crippen molar-refractivity contribution in [1.82, 2.24) is 5.43 Å². The highest BCUT2D eigenvalue weighted by atomic mass is 19.1. The van der Waals surface area contributed by atoms with Crippen molar-refractivity contribution in [3.8, 4) is 17.2 Å². The normalized spacial score (nSPS) is 10.5. The Balaban J connectivity index is 2.06. The van der Waals surface area contributed by atoms with Crippen LogP contribution in [0.25, 0.3) is 0 Å². The first kappa shape index (κ1) is 19.7. The van der Waals surface area contributed by atoms with Crippen molar-refractivity contribution >= 4 is 18.1 Å². The van der Waals surface area contributed by atoms with Crippen LogP contribution in [0.3, 0.4) is 0 Å². The Bertz CT molecular complexity index is 869. The zero-order valence-electron chi connectivity index (χ0n) is 14.6. The maximum atomic E-state index is 13.4. The van der Waals surface area contributed by atoms with E-state index >= 15 is 0 Å². The van der Waals surface area contributed by atoms with Crippen LogP contribution in [0.1, 0.15) is 15.9 Å². The van der Waals surface area contributed by atoms with E-state index in [0.29, 0.717) is 0 Å². The number of carboxylic acids is 1. The highest BCUT2D eigenvalue weighted by molar-refractivity contribution is 6.02. The molecule has 0 aliphatic rings. The van der Waals surface area contributed by atoms with E-state index in [1.807, 2.05) is 0 Å². The summed E-state index contributed by atoms with van der Waals surface area (Å²) in [6, 6.07) is 8.62. The lowest BCUT2D eigenvalue weighted by atomic mass is 10.1. The van der Waals surface area contributed by atoms with Crippen LogP contribution in [0.15, 0.2) is 41.5 Å². The lowest BCUT2D eigenvalue weighted by molar-refractivity contribution is -0.123. The number of para-hydroxylation sites is 1. The molecule has 8 nitrogen and oxygen atoms in total. The van der Waals surface area contributed by atoms with Crippen LogP contribution in [-0.4, -0.2) is 44.0 Å². The summed E-state index contributed by atoms with van der Waals surface area (Å²) in [7, 11) is 2.69. The Morgan fingerprint density at radius 2 is 1.89 bits per heavy atom. The number of benzene rings is 2. The lowest BCUT2D eigenvalue weighted by Gasteiger charge is -2.12. The number of ether oxygens (including phenoxy) is 3. The number of hydrogen-bond donors (Lipinski definition) is 2. The maximum absolute atomic E-state index is 13.4. The number of carbonyl (C=O) groups excluding carboxylic acids is 1. The summed E-state index contributed by atoms with van der Waals surface area (Å²) in [6.45, 7) is -0.462. The van der Waals surface area contributed by atoms with Crippen LogP contribution < -0.4 is 19.6 Å². The number of nitrogens with zero attached hydrogens (tertiary/aromatic N) is 1. The van der Waals surface area contributed by atoms with Crippen molar-refractivity contribution in [1.29, 1.82) is 0 Å². The molecule has 0 spiro atoms. The molecule has 0 saturated heterocycles. The van der Waals surface area contributed by atoms with Gasteiger partial charge in [-0.1, -0.05) is 12.1 Å². The molecule has 0 fully saturated rings. The third kappa shape index (κ3) is 4.94. The Morgan fingerprint density at radius 1 is 1.15 bits per heavy atom. The van der Waals surface area contributed by atoms with Crippen LogP contribution in [0.4, 0.5) is 4.39 Å². The molecule has 0 atom stereocenters. The van der Waals surface area contributed by atoms with Gasteiger partial charge in [0.1, 0.15) is 5.56 Å². The first-order valence-corrected chi connectivity index (χ1v) is 7.65. The highest BCUT2D eigenvalue weighted by Gasteiger charge is 2.20. The summed E-state index contributed by atoms with van der Waals surface area (Å²) in [5.41, 5.74) is 2.19. The van der Waals surface area contributed by atoms with Gasteiger partial charge in [-0.05, 0) is 24.3 Å². The van der Waals surface area contributed by atoms with Crippen LogP contribution in [0, 0.1) is 5.82 Å². The van der Waals surface area contributed by atoms with E-state index in [1.165, 1.54) is 44.6 Å². The number of carboxylic acid groups (broad SMARTS) is 1. The van der Waals surface area contributed by atoms with Crippen molar-refractivity contribution in [3.05, 3.63) is 53.3 Å². The molecule has 2 aromatic rings. The average Bonchev–Trinajstić information content (AvgIpc) is 2.66. The summed E-state index contributed by atoms with van der Waals surface area (Å²) in [5, 5.41) is 13.1. The minimum atomic E-state index is -1.25. The van der Waals surface area contributed by atoms with Crippen molar-refractivity contribution < 1.29 is 33.3 Å². The predicted octanol–water partition coefficient (Wildman–Crippen LogP) is 2.07. The van der Waals surface area contributed by atoms with Crippen molar-refractivity contribution in [2.45, 2.75) is 0 Å². The van der Waals surface area contributed by atoms with Crippen LogP contribution in [0.5, 0.6) is 17.2 Å². The molecular formula is C18H17FN2O6. The van der Waals surface area contributed by atoms with Gasteiger partial charge in [0, 0.05) is 5.56 Å². The number of rotatable bonds is 8. The summed E-state index contributed by atoms with van der Waals surface area (Å²) in [4.78, 5) is 23.2. The third-order valence-electron chi connectivity index (χ3n) is 3.38. The van der Waals surface area contributed by atoms with Gasteiger partial charge in [0.15, 0.2) is 29.7 Å². The molecule has 0 radical (unpaired) electrons. The Labute approximate surface area is 154 Å². The van der Waals surface area contributed by atoms with Crippen LogP contribution in [-0.2, 0) is 4.79 Å². The fourth-order valence-electron chi connectivity index (χ4n) is 2.18. The Hall–Kier alpha value is -3.62. The minimum Gasteiger partial charge on any atom is -0.493 e. The standard InChI is InChI=1S/C18H17FN2O6/c1-25-14-8-7-11(16(18(23)24)17(14)26-2)9-20-21-15(22)10-27-13-6-4-3-5-12(13)19/h3-9H,10H2,1-2H3,(H,21,22)(H,23,24)/b20-9-. The molecule has 142 valence electrons. The van der Waals surface area contributed by atoms with Crippen molar-refractivity contribution in [2.24, 2.45) is 5.10 Å². The predicted molar refractivity (Wildman–Crippen MR) is 94.1 cm³/mol. The molecule has 2 aromatic carbocycles. The zero-order chi connectivity index (χ0) is 19.8. The molecular weight excluding hydrogens is 359 g/mol. The van der Waals surface area contributed by atoms with Crippen molar-refractivity contribution in [2.75, 3.05) is 20.8 Å². The van der Waals surface area contributed by atoms with Gasteiger partial charge in [-0.2, -0.15) is 5.10 Å². The molecule has 0 aromatic heterocycles. The molecule has 0 aliphatic carbocycles. The average molecular weight is 376 g/mol. The number of aromatic carboxylic acids is 1. The van der Waals surface area contributed by atoms with E-state index in [1.54, 1.807) is 6.07 Å². The zero-order valence-corrected chi connectivity index (χ0v) is 14.6.